The first-order valence-corrected chi connectivity index (χ1v) is 8.84. The minimum Gasteiger partial charge on any atom is -0.338 e. The summed E-state index contributed by atoms with van der Waals surface area (Å²) in [6.45, 7) is 10.2. The van der Waals surface area contributed by atoms with Gasteiger partial charge in [0.05, 0.1) is 0 Å². The molecule has 1 atom stereocenters. The van der Waals surface area contributed by atoms with Crippen molar-refractivity contribution >= 4 is 5.91 Å². The molecule has 128 valence electrons. The van der Waals surface area contributed by atoms with Crippen molar-refractivity contribution in [3.63, 3.8) is 0 Å². The lowest BCUT2D eigenvalue weighted by Crippen LogP contribution is -2.29. The number of carbonyl (C=O) groups excluding carboxylic acids is 1. The Bertz CT molecular complexity index is 732. The van der Waals surface area contributed by atoms with Crippen molar-refractivity contribution in [3.8, 4) is 0 Å². The number of imidazole rings is 1. The van der Waals surface area contributed by atoms with Gasteiger partial charge in [-0.2, -0.15) is 0 Å². The maximum atomic E-state index is 12.7. The first-order chi connectivity index (χ1) is 11.5. The van der Waals surface area contributed by atoms with Crippen LogP contribution >= 0.6 is 0 Å². The normalized spacial score (nSPS) is 17.7. The van der Waals surface area contributed by atoms with E-state index in [2.05, 4.69) is 30.3 Å². The lowest BCUT2D eigenvalue weighted by atomic mass is 10.0. The molecule has 1 fully saturated rings. The zero-order chi connectivity index (χ0) is 17.3. The summed E-state index contributed by atoms with van der Waals surface area (Å²) in [5.74, 6) is 1.81. The molecule has 2 heterocycles. The quantitative estimate of drug-likeness (QED) is 0.858. The van der Waals surface area contributed by atoms with Gasteiger partial charge < -0.3 is 9.47 Å². The number of likely N-dealkylation sites (tertiary alicyclic amines) is 1. The van der Waals surface area contributed by atoms with Crippen LogP contribution in [0, 0.1) is 19.8 Å². The van der Waals surface area contributed by atoms with Gasteiger partial charge in [0.1, 0.15) is 5.82 Å². The smallest absolute Gasteiger partial charge is 0.253 e. The Morgan fingerprint density at radius 3 is 2.83 bits per heavy atom. The molecule has 0 N–H and O–H groups in total. The average molecular weight is 325 g/mol. The van der Waals surface area contributed by atoms with Crippen molar-refractivity contribution in [2.24, 2.45) is 5.92 Å². The van der Waals surface area contributed by atoms with E-state index in [9.17, 15) is 4.79 Å². The zero-order valence-corrected chi connectivity index (χ0v) is 15.1. The molecule has 4 nitrogen and oxygen atoms in total. The van der Waals surface area contributed by atoms with Crippen LogP contribution in [-0.4, -0.2) is 33.4 Å². The number of rotatable bonds is 4. The molecule has 1 amide bonds. The first kappa shape index (κ1) is 16.7. The fraction of sp³-hybridized carbons (Fsp3) is 0.500. The van der Waals surface area contributed by atoms with E-state index in [4.69, 9.17) is 0 Å². The van der Waals surface area contributed by atoms with Crippen LogP contribution in [0.2, 0.25) is 0 Å². The van der Waals surface area contributed by atoms with Gasteiger partial charge >= 0.3 is 0 Å². The highest BCUT2D eigenvalue weighted by atomic mass is 16.2. The van der Waals surface area contributed by atoms with Crippen LogP contribution in [0.25, 0.3) is 0 Å². The molecule has 1 aliphatic rings. The summed E-state index contributed by atoms with van der Waals surface area (Å²) >= 11 is 0. The first-order valence-electron chi connectivity index (χ1n) is 8.84. The molecule has 4 heteroatoms. The highest BCUT2D eigenvalue weighted by molar-refractivity contribution is 5.94. The maximum Gasteiger partial charge on any atom is 0.253 e. The molecule has 0 bridgehead atoms. The fourth-order valence-electron chi connectivity index (χ4n) is 3.75. The zero-order valence-electron chi connectivity index (χ0n) is 15.1. The van der Waals surface area contributed by atoms with E-state index in [1.54, 1.807) is 0 Å². The van der Waals surface area contributed by atoms with Gasteiger partial charge in [-0.15, -0.1) is 0 Å². The summed E-state index contributed by atoms with van der Waals surface area (Å²) in [5, 5.41) is 0. The maximum absolute atomic E-state index is 12.7. The molecule has 1 aromatic carbocycles. The Morgan fingerprint density at radius 1 is 1.33 bits per heavy atom. The van der Waals surface area contributed by atoms with Crippen LogP contribution in [0.3, 0.4) is 0 Å². The second-order valence-electron chi connectivity index (χ2n) is 7.26. The van der Waals surface area contributed by atoms with Crippen LogP contribution in [0.15, 0.2) is 30.5 Å². The van der Waals surface area contributed by atoms with E-state index < -0.39 is 0 Å². The summed E-state index contributed by atoms with van der Waals surface area (Å²) < 4.78 is 2.31. The van der Waals surface area contributed by atoms with Crippen LogP contribution in [0.4, 0.5) is 0 Å². The largest absolute Gasteiger partial charge is 0.338 e. The Kier molecular flexibility index (Phi) is 4.74. The Morgan fingerprint density at radius 2 is 2.12 bits per heavy atom. The van der Waals surface area contributed by atoms with E-state index in [1.807, 2.05) is 42.3 Å². The van der Waals surface area contributed by atoms with E-state index in [1.165, 1.54) is 5.69 Å². The van der Waals surface area contributed by atoms with Crippen molar-refractivity contribution in [2.75, 3.05) is 13.1 Å². The number of amides is 1. The highest BCUT2D eigenvalue weighted by Gasteiger charge is 2.28. The third kappa shape index (κ3) is 3.37. The monoisotopic (exact) mass is 325 g/mol. The standard InChI is InChI=1S/C20H27N3O/c1-14(2)23-16(4)12-21-19(23)11-17-8-9-22(13-17)20(24)18-7-5-6-15(3)10-18/h5-7,10,12,14,17H,8-9,11,13H2,1-4H3. The van der Waals surface area contributed by atoms with Gasteiger partial charge in [-0.3, -0.25) is 4.79 Å². The van der Waals surface area contributed by atoms with Gasteiger partial charge in [-0.05, 0) is 52.2 Å². The lowest BCUT2D eigenvalue weighted by Gasteiger charge is -2.18. The Hall–Kier alpha value is -2.10. The van der Waals surface area contributed by atoms with Gasteiger partial charge in [0.15, 0.2) is 0 Å². The average Bonchev–Trinajstić information content (AvgIpc) is 3.14. The molecule has 1 unspecified atom stereocenters. The second-order valence-corrected chi connectivity index (χ2v) is 7.26. The summed E-state index contributed by atoms with van der Waals surface area (Å²) in [5.41, 5.74) is 3.15. The summed E-state index contributed by atoms with van der Waals surface area (Å²) in [7, 11) is 0. The topological polar surface area (TPSA) is 38.1 Å². The highest BCUT2D eigenvalue weighted by Crippen LogP contribution is 2.24. The molecule has 24 heavy (non-hydrogen) atoms. The molecule has 0 aliphatic carbocycles. The molecular weight excluding hydrogens is 298 g/mol. The number of carbonyl (C=O) groups is 1. The lowest BCUT2D eigenvalue weighted by molar-refractivity contribution is 0.0786. The van der Waals surface area contributed by atoms with Gasteiger partial charge in [-0.25, -0.2) is 4.98 Å². The minimum atomic E-state index is 0.157. The molecule has 1 saturated heterocycles. The van der Waals surface area contributed by atoms with Gasteiger partial charge in [0.25, 0.3) is 5.91 Å². The third-order valence-corrected chi connectivity index (χ3v) is 4.88. The summed E-state index contributed by atoms with van der Waals surface area (Å²) in [6, 6.07) is 8.30. The van der Waals surface area contributed by atoms with Crippen molar-refractivity contribution in [1.29, 1.82) is 0 Å². The number of nitrogens with zero attached hydrogens (tertiary/aromatic N) is 3. The fourth-order valence-corrected chi connectivity index (χ4v) is 3.75. The van der Waals surface area contributed by atoms with Gasteiger partial charge in [-0.1, -0.05) is 17.7 Å². The number of aryl methyl sites for hydroxylation is 2. The predicted octanol–water partition coefficient (Wildman–Crippen LogP) is 3.79. The van der Waals surface area contributed by atoms with Crippen molar-refractivity contribution in [3.05, 3.63) is 53.1 Å². The number of hydrogen-bond donors (Lipinski definition) is 0. The SMILES string of the molecule is Cc1cccc(C(=O)N2CCC(Cc3ncc(C)n3C(C)C)C2)c1. The predicted molar refractivity (Wildman–Crippen MR) is 96.2 cm³/mol. The minimum absolute atomic E-state index is 0.157. The summed E-state index contributed by atoms with van der Waals surface area (Å²) in [4.78, 5) is 19.3. The van der Waals surface area contributed by atoms with Gasteiger partial charge in [0.2, 0.25) is 0 Å². The van der Waals surface area contributed by atoms with Crippen LogP contribution in [0.5, 0.6) is 0 Å². The molecule has 0 radical (unpaired) electrons. The second kappa shape index (κ2) is 6.80. The van der Waals surface area contributed by atoms with Crippen LogP contribution in [-0.2, 0) is 6.42 Å². The molecular formula is C20H27N3O. The van der Waals surface area contributed by atoms with E-state index in [-0.39, 0.29) is 5.91 Å². The van der Waals surface area contributed by atoms with Crippen LogP contribution in [0.1, 0.15) is 53.7 Å². The molecule has 0 saturated carbocycles. The number of hydrogen-bond acceptors (Lipinski definition) is 2. The van der Waals surface area contributed by atoms with Gasteiger partial charge in [0, 0.05) is 43.0 Å². The molecule has 2 aromatic rings. The summed E-state index contributed by atoms with van der Waals surface area (Å²) in [6.07, 6.45) is 3.96. The van der Waals surface area contributed by atoms with E-state index in [0.29, 0.717) is 12.0 Å². The molecule has 1 aliphatic heterocycles. The van der Waals surface area contributed by atoms with Crippen LogP contribution < -0.4 is 0 Å². The third-order valence-electron chi connectivity index (χ3n) is 4.88. The number of benzene rings is 1. The van der Waals surface area contributed by atoms with E-state index in [0.717, 1.165) is 42.9 Å². The molecule has 3 rings (SSSR count). The van der Waals surface area contributed by atoms with Crippen molar-refractivity contribution in [2.45, 2.75) is 46.6 Å². The van der Waals surface area contributed by atoms with E-state index >= 15 is 0 Å². The molecule has 0 spiro atoms. The molecule has 1 aromatic heterocycles. The Labute approximate surface area is 144 Å². The Balaban J connectivity index is 1.67. The number of aromatic nitrogens is 2. The van der Waals surface area contributed by atoms with Crippen molar-refractivity contribution < 1.29 is 4.79 Å². The van der Waals surface area contributed by atoms with Crippen molar-refractivity contribution in [1.82, 2.24) is 14.5 Å².